The third kappa shape index (κ3) is 2.00. The predicted molar refractivity (Wildman–Crippen MR) is 104 cm³/mol. The van der Waals surface area contributed by atoms with Crippen molar-refractivity contribution in [1.82, 2.24) is 0 Å². The van der Waals surface area contributed by atoms with E-state index < -0.39 is 11.6 Å². The zero-order chi connectivity index (χ0) is 19.0. The summed E-state index contributed by atoms with van der Waals surface area (Å²) in [5.74, 6) is 0.828. The van der Waals surface area contributed by atoms with E-state index in [0.717, 1.165) is 36.8 Å². The highest BCUT2D eigenvalue weighted by molar-refractivity contribution is 8.03. The van der Waals surface area contributed by atoms with Crippen LogP contribution in [0.25, 0.3) is 0 Å². The van der Waals surface area contributed by atoms with Crippen LogP contribution in [0.2, 0.25) is 0 Å². The Morgan fingerprint density at radius 2 is 1.85 bits per heavy atom. The smallest absolute Gasteiger partial charge is 0.197 e. The van der Waals surface area contributed by atoms with E-state index in [-0.39, 0.29) is 28.6 Å². The van der Waals surface area contributed by atoms with Gasteiger partial charge in [0.25, 0.3) is 0 Å². The molecular formula is C22H27FO2S. The van der Waals surface area contributed by atoms with Gasteiger partial charge in [-0.3, -0.25) is 9.59 Å². The highest BCUT2D eigenvalue weighted by Crippen LogP contribution is 2.67. The summed E-state index contributed by atoms with van der Waals surface area (Å²) in [6, 6.07) is 0. The molecule has 0 aromatic rings. The van der Waals surface area contributed by atoms with Crippen LogP contribution in [-0.2, 0) is 9.59 Å². The van der Waals surface area contributed by atoms with Crippen molar-refractivity contribution in [2.75, 3.05) is 6.26 Å². The number of alkyl halides is 1. The molecule has 4 heteroatoms. The monoisotopic (exact) mass is 374 g/mol. The molecule has 0 N–H and O–H groups in total. The Hall–Kier alpha value is -1.16. The van der Waals surface area contributed by atoms with Crippen LogP contribution in [0.1, 0.15) is 46.0 Å². The fourth-order valence-corrected chi connectivity index (χ4v) is 7.58. The van der Waals surface area contributed by atoms with Crippen LogP contribution in [-0.4, -0.2) is 24.0 Å². The number of fused-ring (bicyclic) bond motifs is 5. The molecule has 2 nitrogen and oxygen atoms in total. The molecule has 4 rings (SSSR count). The number of ketones is 2. The second-order valence-electron chi connectivity index (χ2n) is 9.01. The van der Waals surface area contributed by atoms with Crippen molar-refractivity contribution in [3.63, 3.8) is 0 Å². The van der Waals surface area contributed by atoms with E-state index in [9.17, 15) is 9.59 Å². The Labute approximate surface area is 159 Å². The average molecular weight is 375 g/mol. The molecule has 0 unspecified atom stereocenters. The average Bonchev–Trinajstić information content (AvgIpc) is 2.91. The van der Waals surface area contributed by atoms with Crippen molar-refractivity contribution < 1.29 is 14.0 Å². The number of thioether (sulfide) groups is 1. The van der Waals surface area contributed by atoms with E-state index >= 15 is 4.39 Å². The first-order valence-electron chi connectivity index (χ1n) is 9.55. The minimum atomic E-state index is -1.37. The molecule has 0 heterocycles. The Morgan fingerprint density at radius 1 is 1.15 bits per heavy atom. The molecule has 0 spiro atoms. The van der Waals surface area contributed by atoms with Gasteiger partial charge in [-0.15, -0.1) is 11.8 Å². The minimum Gasteiger partial charge on any atom is -0.299 e. The van der Waals surface area contributed by atoms with Crippen LogP contribution >= 0.6 is 11.8 Å². The number of halogens is 1. The van der Waals surface area contributed by atoms with Gasteiger partial charge in [-0.05, 0) is 60.8 Å². The van der Waals surface area contributed by atoms with E-state index in [0.29, 0.717) is 23.0 Å². The summed E-state index contributed by atoms with van der Waals surface area (Å²) >= 11 is 1.39. The molecule has 26 heavy (non-hydrogen) atoms. The Balaban J connectivity index is 1.87. The second kappa shape index (κ2) is 5.67. The van der Waals surface area contributed by atoms with Crippen molar-refractivity contribution in [2.45, 2.75) is 52.1 Å². The zero-order valence-corrected chi connectivity index (χ0v) is 16.7. The summed E-state index contributed by atoms with van der Waals surface area (Å²) in [4.78, 5) is 25.8. The SMILES string of the molecule is C=C1C[C@@H]2[C@H](CC[C@]3(C)C(=O)CC[C@@H]23)[C@]2(C)C1=C(SC)C(=O)C(=C)[C@H]2F. The highest BCUT2D eigenvalue weighted by atomic mass is 32.2. The number of Topliss-reactive ketones (excluding diaryl/α,β-unsaturated/α-hetero) is 2. The normalized spacial score (nSPS) is 45.5. The second-order valence-corrected chi connectivity index (χ2v) is 9.83. The van der Waals surface area contributed by atoms with E-state index in [1.807, 2.05) is 13.2 Å². The lowest BCUT2D eigenvalue weighted by atomic mass is 9.46. The standard InChI is InChI=1S/C22H27FO2S/c1-11-10-13-14-6-7-16(24)21(14,3)9-8-15(13)22(4)17(11)19(26-5)18(25)12(2)20(22)23/h13-15,20H,1-2,6-10H2,3-5H3/t13-,14-,15-,20+,21-,22+/m0/s1. The third-order valence-corrected chi connectivity index (χ3v) is 8.85. The summed E-state index contributed by atoms with van der Waals surface area (Å²) in [6.45, 7) is 12.2. The Morgan fingerprint density at radius 3 is 2.50 bits per heavy atom. The molecule has 0 bridgehead atoms. The Kier molecular flexibility index (Phi) is 3.97. The van der Waals surface area contributed by atoms with Crippen molar-refractivity contribution in [2.24, 2.45) is 28.6 Å². The van der Waals surface area contributed by atoms with Crippen LogP contribution in [0.3, 0.4) is 0 Å². The van der Waals surface area contributed by atoms with Gasteiger partial charge in [-0.25, -0.2) is 4.39 Å². The quantitative estimate of drug-likeness (QED) is 0.602. The number of carbonyl (C=O) groups excluding carboxylic acids is 2. The molecular weight excluding hydrogens is 347 g/mol. The molecule has 3 fully saturated rings. The fraction of sp³-hybridized carbons (Fsp3) is 0.636. The van der Waals surface area contributed by atoms with Crippen molar-refractivity contribution in [3.8, 4) is 0 Å². The zero-order valence-electron chi connectivity index (χ0n) is 15.9. The third-order valence-electron chi connectivity index (χ3n) is 8.05. The molecule has 140 valence electrons. The minimum absolute atomic E-state index is 0.0879. The summed E-state index contributed by atoms with van der Waals surface area (Å²) in [5, 5.41) is 0. The first kappa shape index (κ1) is 18.2. The molecule has 0 radical (unpaired) electrons. The summed E-state index contributed by atoms with van der Waals surface area (Å²) < 4.78 is 15.6. The lowest BCUT2D eigenvalue weighted by Gasteiger charge is -2.58. The number of allylic oxidation sites excluding steroid dienone is 3. The maximum Gasteiger partial charge on any atom is 0.197 e. The molecule has 0 aromatic heterocycles. The van der Waals surface area contributed by atoms with Gasteiger partial charge in [0.1, 0.15) is 12.0 Å². The van der Waals surface area contributed by atoms with Crippen molar-refractivity contribution in [1.29, 1.82) is 0 Å². The van der Waals surface area contributed by atoms with Crippen LogP contribution in [0.5, 0.6) is 0 Å². The highest BCUT2D eigenvalue weighted by Gasteiger charge is 2.63. The van der Waals surface area contributed by atoms with Crippen molar-refractivity contribution in [3.05, 3.63) is 34.8 Å². The molecule has 3 saturated carbocycles. The van der Waals surface area contributed by atoms with Gasteiger partial charge in [0.15, 0.2) is 5.78 Å². The van der Waals surface area contributed by atoms with E-state index in [1.54, 1.807) is 0 Å². The molecule has 0 amide bonds. The van der Waals surface area contributed by atoms with Gasteiger partial charge in [0.2, 0.25) is 0 Å². The van der Waals surface area contributed by atoms with Gasteiger partial charge in [0.05, 0.1) is 4.91 Å². The van der Waals surface area contributed by atoms with Gasteiger partial charge in [-0.1, -0.05) is 27.0 Å². The number of rotatable bonds is 1. The van der Waals surface area contributed by atoms with Gasteiger partial charge in [-0.2, -0.15) is 0 Å². The maximum absolute atomic E-state index is 15.6. The summed E-state index contributed by atoms with van der Waals surface area (Å²) in [5.41, 5.74) is 0.810. The Bertz CT molecular complexity index is 781. The van der Waals surface area contributed by atoms with Crippen LogP contribution in [0, 0.1) is 28.6 Å². The first-order valence-corrected chi connectivity index (χ1v) is 10.8. The number of carbonyl (C=O) groups is 2. The summed E-state index contributed by atoms with van der Waals surface area (Å²) in [7, 11) is 0. The number of hydrogen-bond donors (Lipinski definition) is 0. The lowest BCUT2D eigenvalue weighted by Crippen LogP contribution is -2.55. The number of hydrogen-bond acceptors (Lipinski definition) is 3. The van der Waals surface area contributed by atoms with Crippen LogP contribution in [0.15, 0.2) is 34.8 Å². The van der Waals surface area contributed by atoms with E-state index in [2.05, 4.69) is 20.1 Å². The van der Waals surface area contributed by atoms with Gasteiger partial charge in [0, 0.05) is 22.8 Å². The lowest BCUT2D eigenvalue weighted by molar-refractivity contribution is -0.132. The molecule has 0 saturated heterocycles. The van der Waals surface area contributed by atoms with Crippen molar-refractivity contribution >= 4 is 23.3 Å². The van der Waals surface area contributed by atoms with Gasteiger partial charge < -0.3 is 0 Å². The van der Waals surface area contributed by atoms with E-state index in [4.69, 9.17) is 0 Å². The molecule has 6 atom stereocenters. The topological polar surface area (TPSA) is 34.1 Å². The summed E-state index contributed by atoms with van der Waals surface area (Å²) in [6.07, 6.45) is 4.50. The first-order chi connectivity index (χ1) is 12.2. The molecule has 0 aromatic carbocycles. The van der Waals surface area contributed by atoms with E-state index in [1.165, 1.54) is 11.8 Å². The van der Waals surface area contributed by atoms with Crippen LogP contribution in [0.4, 0.5) is 4.39 Å². The fourth-order valence-electron chi connectivity index (χ4n) is 6.69. The predicted octanol–water partition coefficient (Wildman–Crippen LogP) is 5.06. The van der Waals surface area contributed by atoms with Crippen LogP contribution < -0.4 is 0 Å². The molecule has 4 aliphatic carbocycles. The molecule has 4 aliphatic rings. The largest absolute Gasteiger partial charge is 0.299 e. The maximum atomic E-state index is 15.6. The van der Waals surface area contributed by atoms with Gasteiger partial charge >= 0.3 is 0 Å². The molecule has 0 aliphatic heterocycles.